The molecule has 4 rings (SSSR count). The van der Waals surface area contributed by atoms with Gasteiger partial charge in [0, 0.05) is 24.1 Å². The number of hydrogen-bond donors (Lipinski definition) is 0. The molecule has 2 aromatic heterocycles. The maximum Gasteiger partial charge on any atom is 0.433 e. The van der Waals surface area contributed by atoms with Crippen molar-refractivity contribution in [2.75, 3.05) is 19.1 Å². The zero-order valence-corrected chi connectivity index (χ0v) is 21.4. The number of aromatic nitrogens is 1. The molecule has 0 saturated carbocycles. The molecule has 14 heteroatoms. The number of sulfonamides is 1. The third-order valence-corrected chi connectivity index (χ3v) is 8.00. The summed E-state index contributed by atoms with van der Waals surface area (Å²) in [5.74, 6) is -0.994. The Labute approximate surface area is 211 Å². The molecule has 0 spiro atoms. The Morgan fingerprint density at radius 3 is 2.51 bits per heavy atom. The van der Waals surface area contributed by atoms with Crippen LogP contribution in [0.4, 0.5) is 11.0 Å². The molecule has 11 nitrogen and oxygen atoms in total. The van der Waals surface area contributed by atoms with Crippen LogP contribution in [0.2, 0.25) is 0 Å². The normalized spacial score (nSPS) is 12.0. The van der Waals surface area contributed by atoms with Crippen LogP contribution in [-0.4, -0.2) is 48.8 Å². The highest BCUT2D eigenvalue weighted by Gasteiger charge is 2.23. The van der Waals surface area contributed by atoms with Crippen molar-refractivity contribution in [2.45, 2.75) is 4.90 Å². The second-order valence-electron chi connectivity index (χ2n) is 7.21. The number of hydrazone groups is 1. The number of carbonyl (C=O) groups is 1. The van der Waals surface area contributed by atoms with Gasteiger partial charge in [-0.3, -0.25) is 14.9 Å². The third-order valence-electron chi connectivity index (χ3n) is 4.69. The molecule has 0 aliphatic rings. The molecule has 180 valence electrons. The SMILES string of the molecule is CN(C)S(=O)(=O)c1ccc(C(=O)N(/N=C/c2ccc([N+](=O)[O-])o2)c2nc3ccc(Br)cc3s2)cc1. The Balaban J connectivity index is 1.73. The number of halogens is 1. The number of carbonyl (C=O) groups excluding carboxylic acids is 1. The van der Waals surface area contributed by atoms with E-state index in [1.54, 1.807) is 6.07 Å². The Bertz CT molecular complexity index is 1560. The van der Waals surface area contributed by atoms with Gasteiger partial charge in [-0.25, -0.2) is 17.7 Å². The molecule has 0 aliphatic heterocycles. The zero-order chi connectivity index (χ0) is 25.3. The first-order chi connectivity index (χ1) is 16.6. The summed E-state index contributed by atoms with van der Waals surface area (Å²) in [6.45, 7) is 0. The van der Waals surface area contributed by atoms with Crippen LogP contribution >= 0.6 is 27.3 Å². The monoisotopic (exact) mass is 577 g/mol. The lowest BCUT2D eigenvalue weighted by Gasteiger charge is -2.15. The molecule has 2 aromatic carbocycles. The number of thiazole rings is 1. The van der Waals surface area contributed by atoms with Crippen LogP contribution in [0.1, 0.15) is 16.1 Å². The van der Waals surface area contributed by atoms with Crippen LogP contribution in [0.15, 0.2) is 73.5 Å². The van der Waals surface area contributed by atoms with Gasteiger partial charge in [0.05, 0.1) is 27.4 Å². The van der Waals surface area contributed by atoms with Crippen LogP contribution in [0.5, 0.6) is 0 Å². The summed E-state index contributed by atoms with van der Waals surface area (Å²) >= 11 is 4.61. The van der Waals surface area contributed by atoms with Crippen molar-refractivity contribution in [1.82, 2.24) is 9.29 Å². The Kier molecular flexibility index (Phi) is 6.80. The van der Waals surface area contributed by atoms with Crippen molar-refractivity contribution >= 4 is 70.6 Å². The van der Waals surface area contributed by atoms with E-state index in [4.69, 9.17) is 4.42 Å². The Morgan fingerprint density at radius 1 is 1.17 bits per heavy atom. The summed E-state index contributed by atoms with van der Waals surface area (Å²) in [5, 5.41) is 16.3. The van der Waals surface area contributed by atoms with Gasteiger partial charge in [0.1, 0.15) is 4.92 Å². The van der Waals surface area contributed by atoms with Gasteiger partial charge in [-0.2, -0.15) is 10.1 Å². The van der Waals surface area contributed by atoms with E-state index >= 15 is 0 Å². The lowest BCUT2D eigenvalue weighted by atomic mass is 10.2. The van der Waals surface area contributed by atoms with E-state index in [1.807, 2.05) is 12.1 Å². The molecule has 0 unspecified atom stereocenters. The first-order valence-electron chi connectivity index (χ1n) is 9.77. The van der Waals surface area contributed by atoms with E-state index in [-0.39, 0.29) is 21.4 Å². The minimum Gasteiger partial charge on any atom is -0.400 e. The van der Waals surface area contributed by atoms with Crippen molar-refractivity contribution in [3.63, 3.8) is 0 Å². The highest BCUT2D eigenvalue weighted by molar-refractivity contribution is 9.10. The largest absolute Gasteiger partial charge is 0.433 e. The fourth-order valence-corrected chi connectivity index (χ4v) is 5.27. The topological polar surface area (TPSA) is 139 Å². The summed E-state index contributed by atoms with van der Waals surface area (Å²) in [7, 11) is -0.843. The van der Waals surface area contributed by atoms with Gasteiger partial charge >= 0.3 is 5.88 Å². The van der Waals surface area contributed by atoms with E-state index in [0.29, 0.717) is 5.52 Å². The van der Waals surface area contributed by atoms with E-state index < -0.39 is 26.7 Å². The van der Waals surface area contributed by atoms with E-state index in [1.165, 1.54) is 61.8 Å². The van der Waals surface area contributed by atoms with Crippen molar-refractivity contribution in [2.24, 2.45) is 5.10 Å². The number of rotatable bonds is 7. The van der Waals surface area contributed by atoms with E-state index in [2.05, 4.69) is 26.0 Å². The van der Waals surface area contributed by atoms with Crippen molar-refractivity contribution in [3.8, 4) is 0 Å². The minimum absolute atomic E-state index is 0.0295. The molecule has 0 fully saturated rings. The van der Waals surface area contributed by atoms with E-state index in [9.17, 15) is 23.3 Å². The van der Waals surface area contributed by atoms with Gasteiger partial charge in [0.25, 0.3) is 5.91 Å². The van der Waals surface area contributed by atoms with Gasteiger partial charge in [0.2, 0.25) is 15.2 Å². The standard InChI is InChI=1S/C21H16BrN5O6S2/c1-25(2)35(31,32)16-7-3-13(4-8-16)20(28)26(23-12-15-6-10-19(33-15)27(29)30)21-24-17-9-5-14(22)11-18(17)34-21/h3-12H,1-2H3/b23-12+. The van der Waals surface area contributed by atoms with Gasteiger partial charge < -0.3 is 4.42 Å². The van der Waals surface area contributed by atoms with E-state index in [0.717, 1.165) is 24.7 Å². The van der Waals surface area contributed by atoms with Crippen molar-refractivity contribution in [1.29, 1.82) is 0 Å². The molecule has 35 heavy (non-hydrogen) atoms. The number of hydrogen-bond acceptors (Lipinski definition) is 9. The number of nitro groups is 1. The van der Waals surface area contributed by atoms with Gasteiger partial charge in [-0.05, 0) is 48.5 Å². The second-order valence-corrected chi connectivity index (χ2v) is 11.3. The average molecular weight is 578 g/mol. The average Bonchev–Trinajstić information content (AvgIpc) is 3.46. The number of furan rings is 1. The van der Waals surface area contributed by atoms with Crippen LogP contribution in [0, 0.1) is 10.1 Å². The molecule has 4 aromatic rings. The maximum atomic E-state index is 13.4. The Hall–Kier alpha value is -3.46. The number of fused-ring (bicyclic) bond motifs is 1. The van der Waals surface area contributed by atoms with Gasteiger partial charge in [-0.1, -0.05) is 27.3 Å². The Morgan fingerprint density at radius 2 is 1.89 bits per heavy atom. The van der Waals surface area contributed by atoms with Gasteiger partial charge in [0.15, 0.2) is 5.76 Å². The predicted octanol–water partition coefficient (Wildman–Crippen LogP) is 4.49. The van der Waals surface area contributed by atoms with Crippen LogP contribution in [0.3, 0.4) is 0 Å². The number of anilines is 1. The smallest absolute Gasteiger partial charge is 0.400 e. The molecular weight excluding hydrogens is 562 g/mol. The molecule has 0 radical (unpaired) electrons. The zero-order valence-electron chi connectivity index (χ0n) is 18.2. The summed E-state index contributed by atoms with van der Waals surface area (Å²) in [4.78, 5) is 28.1. The summed E-state index contributed by atoms with van der Waals surface area (Å²) in [5.41, 5.74) is 0.799. The molecule has 0 aliphatic carbocycles. The molecule has 0 bridgehead atoms. The molecule has 0 atom stereocenters. The van der Waals surface area contributed by atoms with Crippen LogP contribution < -0.4 is 5.01 Å². The highest BCUT2D eigenvalue weighted by Crippen LogP contribution is 2.32. The van der Waals surface area contributed by atoms with Crippen molar-refractivity contribution < 1.29 is 22.6 Å². The third kappa shape index (κ3) is 5.14. The van der Waals surface area contributed by atoms with Crippen molar-refractivity contribution in [3.05, 3.63) is 80.5 Å². The minimum atomic E-state index is -3.67. The summed E-state index contributed by atoms with van der Waals surface area (Å²) in [6.07, 6.45) is 1.16. The molecule has 0 saturated heterocycles. The summed E-state index contributed by atoms with van der Waals surface area (Å²) < 4.78 is 32.5. The number of nitrogens with zero attached hydrogens (tertiary/aromatic N) is 5. The molecular formula is C21H16BrN5O6S2. The lowest BCUT2D eigenvalue weighted by molar-refractivity contribution is -0.402. The maximum absolute atomic E-state index is 13.4. The fourth-order valence-electron chi connectivity index (χ4n) is 2.89. The fraction of sp³-hybridized carbons (Fsp3) is 0.0952. The molecule has 0 N–H and O–H groups in total. The first-order valence-corrected chi connectivity index (χ1v) is 12.8. The van der Waals surface area contributed by atoms with Crippen LogP contribution in [-0.2, 0) is 10.0 Å². The first kappa shape index (κ1) is 24.7. The second kappa shape index (κ2) is 9.65. The molecule has 2 heterocycles. The quantitative estimate of drug-likeness (QED) is 0.179. The molecule has 1 amide bonds. The number of amides is 1. The summed E-state index contributed by atoms with van der Waals surface area (Å²) in [6, 6.07) is 13.4. The lowest BCUT2D eigenvalue weighted by Crippen LogP contribution is -2.26. The highest BCUT2D eigenvalue weighted by atomic mass is 79.9. The van der Waals surface area contributed by atoms with Gasteiger partial charge in [-0.15, -0.1) is 0 Å². The van der Waals surface area contributed by atoms with Crippen LogP contribution in [0.25, 0.3) is 10.2 Å². The predicted molar refractivity (Wildman–Crippen MR) is 134 cm³/mol. The number of benzene rings is 2.